The lowest BCUT2D eigenvalue weighted by Gasteiger charge is -2.16. The number of ether oxygens (including phenoxy) is 1. The second-order valence-corrected chi connectivity index (χ2v) is 4.30. The van der Waals surface area contributed by atoms with Crippen molar-refractivity contribution >= 4 is 17.5 Å². The van der Waals surface area contributed by atoms with Gasteiger partial charge >= 0.3 is 6.03 Å². The summed E-state index contributed by atoms with van der Waals surface area (Å²) in [5.41, 5.74) is 1.17. The maximum absolute atomic E-state index is 11.8. The van der Waals surface area contributed by atoms with Gasteiger partial charge in [0, 0.05) is 18.4 Å². The van der Waals surface area contributed by atoms with E-state index >= 15 is 0 Å². The van der Waals surface area contributed by atoms with Crippen molar-refractivity contribution in [2.24, 2.45) is 0 Å². The van der Waals surface area contributed by atoms with Crippen molar-refractivity contribution in [1.29, 1.82) is 0 Å². The van der Waals surface area contributed by atoms with E-state index in [0.717, 1.165) is 6.42 Å². The second kappa shape index (κ2) is 7.53. The summed E-state index contributed by atoms with van der Waals surface area (Å²) in [6.45, 7) is 3.93. The highest BCUT2D eigenvalue weighted by Gasteiger charge is 2.10. The Morgan fingerprint density at radius 2 is 2.11 bits per heavy atom. The third kappa shape index (κ3) is 5.09. The minimum atomic E-state index is -0.301. The van der Waals surface area contributed by atoms with E-state index in [1.165, 1.54) is 6.92 Å². The molecule has 1 aromatic rings. The summed E-state index contributed by atoms with van der Waals surface area (Å²) >= 11 is 0. The molecule has 0 saturated carbocycles. The highest BCUT2D eigenvalue weighted by atomic mass is 16.5. The highest BCUT2D eigenvalue weighted by Crippen LogP contribution is 2.11. The van der Waals surface area contributed by atoms with Crippen molar-refractivity contribution in [2.75, 3.05) is 19.0 Å². The molecule has 19 heavy (non-hydrogen) atoms. The van der Waals surface area contributed by atoms with Gasteiger partial charge in [-0.15, -0.1) is 0 Å². The predicted molar refractivity (Wildman–Crippen MR) is 74.6 cm³/mol. The zero-order valence-electron chi connectivity index (χ0n) is 11.5. The first kappa shape index (κ1) is 15.2. The molecule has 1 unspecified atom stereocenters. The summed E-state index contributed by atoms with van der Waals surface area (Å²) in [6.07, 6.45) is 0.786. The lowest BCUT2D eigenvalue weighted by atomic mass is 10.1. The summed E-state index contributed by atoms with van der Waals surface area (Å²) < 4.78 is 5.01. The van der Waals surface area contributed by atoms with Crippen molar-refractivity contribution in [3.63, 3.8) is 0 Å². The first-order valence-electron chi connectivity index (χ1n) is 6.24. The van der Waals surface area contributed by atoms with Crippen LogP contribution in [-0.4, -0.2) is 31.6 Å². The molecule has 0 radical (unpaired) electrons. The number of rotatable bonds is 6. The van der Waals surface area contributed by atoms with Gasteiger partial charge in [-0.3, -0.25) is 4.79 Å². The predicted octanol–water partition coefficient (Wildman–Crippen LogP) is 2.44. The number of anilines is 1. The van der Waals surface area contributed by atoms with Crippen LogP contribution in [0.2, 0.25) is 0 Å². The monoisotopic (exact) mass is 264 g/mol. The van der Waals surface area contributed by atoms with Crippen LogP contribution < -0.4 is 10.6 Å². The van der Waals surface area contributed by atoms with Crippen LogP contribution in [0.4, 0.5) is 10.5 Å². The van der Waals surface area contributed by atoms with Crippen molar-refractivity contribution in [1.82, 2.24) is 5.32 Å². The molecule has 1 atom stereocenters. The van der Waals surface area contributed by atoms with Crippen LogP contribution in [0.5, 0.6) is 0 Å². The number of benzene rings is 1. The Balaban J connectivity index is 2.61. The molecule has 2 amide bonds. The van der Waals surface area contributed by atoms with Crippen molar-refractivity contribution < 1.29 is 14.3 Å². The van der Waals surface area contributed by atoms with Gasteiger partial charge in [-0.1, -0.05) is 19.1 Å². The van der Waals surface area contributed by atoms with Crippen LogP contribution in [0.15, 0.2) is 24.3 Å². The van der Waals surface area contributed by atoms with Gasteiger partial charge in [0.15, 0.2) is 5.78 Å². The number of urea groups is 1. The Morgan fingerprint density at radius 3 is 2.68 bits per heavy atom. The lowest BCUT2D eigenvalue weighted by Crippen LogP contribution is -2.40. The molecular weight excluding hydrogens is 244 g/mol. The molecule has 0 aliphatic carbocycles. The molecule has 0 heterocycles. The number of ketones is 1. The normalized spacial score (nSPS) is 11.7. The Morgan fingerprint density at radius 1 is 1.37 bits per heavy atom. The van der Waals surface area contributed by atoms with E-state index in [4.69, 9.17) is 4.74 Å². The molecule has 2 N–H and O–H groups in total. The van der Waals surface area contributed by atoms with Gasteiger partial charge < -0.3 is 15.4 Å². The Bertz CT molecular complexity index is 446. The second-order valence-electron chi connectivity index (χ2n) is 4.30. The topological polar surface area (TPSA) is 67.4 Å². The minimum Gasteiger partial charge on any atom is -0.383 e. The van der Waals surface area contributed by atoms with Crippen molar-refractivity contribution in [3.05, 3.63) is 29.8 Å². The summed E-state index contributed by atoms with van der Waals surface area (Å²) in [7, 11) is 1.60. The van der Waals surface area contributed by atoms with E-state index in [0.29, 0.717) is 17.9 Å². The van der Waals surface area contributed by atoms with Gasteiger partial charge in [-0.05, 0) is 25.5 Å². The molecule has 5 heteroatoms. The number of hydrogen-bond acceptors (Lipinski definition) is 3. The summed E-state index contributed by atoms with van der Waals surface area (Å²) in [6, 6.07) is 6.51. The average molecular weight is 264 g/mol. The Labute approximate surface area is 113 Å². The minimum absolute atomic E-state index is 0.0269. The fraction of sp³-hybridized carbons (Fsp3) is 0.429. The summed E-state index contributed by atoms with van der Waals surface area (Å²) in [4.78, 5) is 23.0. The Hall–Kier alpha value is -1.88. The third-order valence-corrected chi connectivity index (χ3v) is 2.72. The largest absolute Gasteiger partial charge is 0.383 e. The first-order chi connectivity index (χ1) is 9.06. The van der Waals surface area contributed by atoms with Gasteiger partial charge in [0.05, 0.1) is 12.6 Å². The number of carbonyl (C=O) groups excluding carboxylic acids is 2. The molecule has 104 valence electrons. The van der Waals surface area contributed by atoms with Crippen molar-refractivity contribution in [3.8, 4) is 0 Å². The van der Waals surface area contributed by atoms with E-state index in [9.17, 15) is 9.59 Å². The fourth-order valence-electron chi connectivity index (χ4n) is 1.63. The fourth-order valence-corrected chi connectivity index (χ4v) is 1.63. The maximum Gasteiger partial charge on any atom is 0.319 e. The van der Waals surface area contributed by atoms with E-state index in [2.05, 4.69) is 10.6 Å². The number of amides is 2. The van der Waals surface area contributed by atoms with E-state index in [-0.39, 0.29) is 17.9 Å². The number of methoxy groups -OCH3 is 1. The molecule has 0 fully saturated rings. The number of carbonyl (C=O) groups is 2. The van der Waals surface area contributed by atoms with Crippen LogP contribution in [0.3, 0.4) is 0 Å². The number of hydrogen-bond donors (Lipinski definition) is 2. The lowest BCUT2D eigenvalue weighted by molar-refractivity contribution is 0.101. The van der Waals surface area contributed by atoms with Gasteiger partial charge in [0.1, 0.15) is 0 Å². The van der Waals surface area contributed by atoms with Gasteiger partial charge in [0.2, 0.25) is 0 Å². The van der Waals surface area contributed by atoms with Crippen molar-refractivity contribution in [2.45, 2.75) is 26.3 Å². The summed E-state index contributed by atoms with van der Waals surface area (Å²) in [5.74, 6) is -0.0325. The third-order valence-electron chi connectivity index (χ3n) is 2.72. The quantitative estimate of drug-likeness (QED) is 0.775. The van der Waals surface area contributed by atoms with E-state index in [1.807, 2.05) is 6.92 Å². The molecule has 0 aromatic heterocycles. The smallest absolute Gasteiger partial charge is 0.319 e. The molecule has 0 saturated heterocycles. The van der Waals surface area contributed by atoms with Gasteiger partial charge in [-0.25, -0.2) is 4.79 Å². The maximum atomic E-state index is 11.8. The molecule has 0 aliphatic rings. The molecular formula is C14H20N2O3. The summed E-state index contributed by atoms with van der Waals surface area (Å²) in [5, 5.41) is 5.51. The Kier molecular flexibility index (Phi) is 6.02. The molecule has 0 bridgehead atoms. The highest BCUT2D eigenvalue weighted by molar-refractivity contribution is 5.96. The standard InChI is InChI=1S/C14H20N2O3/c1-4-12(9-19-3)15-14(18)16-13-7-5-6-11(8-13)10(2)17/h5-8,12H,4,9H2,1-3H3,(H2,15,16,18). The molecule has 5 nitrogen and oxygen atoms in total. The van der Waals surface area contributed by atoms with Crippen LogP contribution in [0.25, 0.3) is 0 Å². The molecule has 0 spiro atoms. The SMILES string of the molecule is CCC(COC)NC(=O)Nc1cccc(C(C)=O)c1. The van der Waals surface area contributed by atoms with Gasteiger partial charge in [-0.2, -0.15) is 0 Å². The van der Waals surface area contributed by atoms with Crippen LogP contribution >= 0.6 is 0 Å². The van der Waals surface area contributed by atoms with Crippen LogP contribution in [0, 0.1) is 0 Å². The van der Waals surface area contributed by atoms with Crippen LogP contribution in [0.1, 0.15) is 30.6 Å². The average Bonchev–Trinajstić information content (AvgIpc) is 2.38. The van der Waals surface area contributed by atoms with E-state index in [1.54, 1.807) is 31.4 Å². The zero-order chi connectivity index (χ0) is 14.3. The molecule has 0 aliphatic heterocycles. The first-order valence-corrected chi connectivity index (χ1v) is 6.24. The van der Waals surface area contributed by atoms with Crippen LogP contribution in [-0.2, 0) is 4.74 Å². The number of nitrogens with one attached hydrogen (secondary N) is 2. The molecule has 1 aromatic carbocycles. The van der Waals surface area contributed by atoms with E-state index < -0.39 is 0 Å². The molecule has 1 rings (SSSR count). The van der Waals surface area contributed by atoms with Gasteiger partial charge in [0.25, 0.3) is 0 Å². The zero-order valence-corrected chi connectivity index (χ0v) is 11.5. The number of Topliss-reactive ketones (excluding diaryl/α,β-unsaturated/α-hetero) is 1.